The molecule has 0 spiro atoms. The van der Waals surface area contributed by atoms with Gasteiger partial charge in [0.1, 0.15) is 5.75 Å². The molecule has 1 N–H and O–H groups in total. The van der Waals surface area contributed by atoms with E-state index in [1.807, 2.05) is 19.1 Å². The molecule has 0 bridgehead atoms. The molecule has 98 valence electrons. The number of halogens is 1. The number of nitrogens with zero attached hydrogens (tertiary/aromatic N) is 1. The van der Waals surface area contributed by atoms with Gasteiger partial charge in [0.25, 0.3) is 5.91 Å². The van der Waals surface area contributed by atoms with Crippen molar-refractivity contribution in [2.75, 3.05) is 11.9 Å². The average molecular weight is 277 g/mol. The molecule has 0 radical (unpaired) electrons. The monoisotopic (exact) mass is 276 g/mol. The van der Waals surface area contributed by atoms with E-state index in [2.05, 4.69) is 10.3 Å². The number of rotatable bonds is 4. The number of amides is 1. The predicted molar refractivity (Wildman–Crippen MR) is 74.8 cm³/mol. The molecule has 0 atom stereocenters. The van der Waals surface area contributed by atoms with E-state index < -0.39 is 0 Å². The molecule has 19 heavy (non-hydrogen) atoms. The largest absolute Gasteiger partial charge is 0.494 e. The highest BCUT2D eigenvalue weighted by Gasteiger charge is 2.10. The molecule has 2 rings (SSSR count). The Kier molecular flexibility index (Phi) is 4.36. The Morgan fingerprint density at radius 1 is 1.42 bits per heavy atom. The molecule has 0 unspecified atom stereocenters. The molecule has 0 aliphatic heterocycles. The van der Waals surface area contributed by atoms with Gasteiger partial charge in [-0.05, 0) is 25.1 Å². The number of carbonyl (C=O) groups excluding carboxylic acids is 1. The van der Waals surface area contributed by atoms with Crippen molar-refractivity contribution in [1.29, 1.82) is 0 Å². The van der Waals surface area contributed by atoms with Gasteiger partial charge in [0.2, 0.25) is 0 Å². The maximum Gasteiger partial charge on any atom is 0.258 e. The molecule has 5 heteroatoms. The highest BCUT2D eigenvalue weighted by atomic mass is 35.5. The molecule has 0 fully saturated rings. The molecule has 0 saturated carbocycles. The van der Waals surface area contributed by atoms with E-state index in [1.54, 1.807) is 18.2 Å². The van der Waals surface area contributed by atoms with Gasteiger partial charge in [-0.1, -0.05) is 17.7 Å². The Hall–Kier alpha value is -2.07. The molecule has 0 saturated heterocycles. The van der Waals surface area contributed by atoms with Crippen LogP contribution in [-0.2, 0) is 0 Å². The van der Waals surface area contributed by atoms with Gasteiger partial charge in [-0.3, -0.25) is 9.78 Å². The van der Waals surface area contributed by atoms with Crippen molar-refractivity contribution >= 4 is 23.2 Å². The summed E-state index contributed by atoms with van der Waals surface area (Å²) in [5.74, 6) is 0.407. The van der Waals surface area contributed by atoms with Crippen molar-refractivity contribution < 1.29 is 9.53 Å². The number of benzene rings is 1. The minimum atomic E-state index is -0.299. The Bertz CT molecular complexity index is 587. The van der Waals surface area contributed by atoms with Crippen molar-refractivity contribution in [3.8, 4) is 5.75 Å². The first-order chi connectivity index (χ1) is 9.20. The maximum absolute atomic E-state index is 12.0. The Morgan fingerprint density at radius 3 is 3.00 bits per heavy atom. The van der Waals surface area contributed by atoms with Crippen LogP contribution < -0.4 is 10.1 Å². The number of pyridine rings is 1. The minimum absolute atomic E-state index is 0.299. The second-order valence-corrected chi connectivity index (χ2v) is 4.18. The zero-order valence-corrected chi connectivity index (χ0v) is 11.1. The van der Waals surface area contributed by atoms with E-state index in [4.69, 9.17) is 16.3 Å². The third-order valence-electron chi connectivity index (χ3n) is 2.42. The fraction of sp³-hybridized carbons (Fsp3) is 0.143. The van der Waals surface area contributed by atoms with Crippen LogP contribution in [0.1, 0.15) is 17.3 Å². The fourth-order valence-corrected chi connectivity index (χ4v) is 1.76. The topological polar surface area (TPSA) is 51.2 Å². The normalized spacial score (nSPS) is 10.0. The third kappa shape index (κ3) is 3.45. The highest BCUT2D eigenvalue weighted by Crippen LogP contribution is 2.19. The smallest absolute Gasteiger partial charge is 0.258 e. The summed E-state index contributed by atoms with van der Waals surface area (Å²) in [5, 5.41) is 3.12. The molecule has 2 aromatic rings. The van der Waals surface area contributed by atoms with Crippen LogP contribution in [-0.4, -0.2) is 17.5 Å². The van der Waals surface area contributed by atoms with Crippen molar-refractivity contribution in [2.45, 2.75) is 6.92 Å². The van der Waals surface area contributed by atoms with Gasteiger partial charge >= 0.3 is 0 Å². The van der Waals surface area contributed by atoms with E-state index in [1.165, 1.54) is 12.4 Å². The Balaban J connectivity index is 2.15. The Labute approximate surface area is 116 Å². The highest BCUT2D eigenvalue weighted by molar-refractivity contribution is 6.34. The lowest BCUT2D eigenvalue weighted by Gasteiger charge is -2.08. The molecular weight excluding hydrogens is 264 g/mol. The van der Waals surface area contributed by atoms with Crippen molar-refractivity contribution in [3.63, 3.8) is 0 Å². The number of hydrogen-bond donors (Lipinski definition) is 1. The quantitative estimate of drug-likeness (QED) is 0.931. The van der Waals surface area contributed by atoms with Gasteiger partial charge in [0.05, 0.1) is 17.2 Å². The predicted octanol–water partition coefficient (Wildman–Crippen LogP) is 3.39. The van der Waals surface area contributed by atoms with Crippen molar-refractivity contribution in [2.24, 2.45) is 0 Å². The van der Waals surface area contributed by atoms with Crippen LogP contribution in [0.3, 0.4) is 0 Å². The molecule has 4 nitrogen and oxygen atoms in total. The lowest BCUT2D eigenvalue weighted by atomic mass is 10.2. The van der Waals surface area contributed by atoms with Crippen molar-refractivity contribution in [3.05, 3.63) is 53.3 Å². The molecule has 1 amide bonds. The summed E-state index contributed by atoms with van der Waals surface area (Å²) in [7, 11) is 0. The van der Waals surface area contributed by atoms with Gasteiger partial charge in [-0.2, -0.15) is 0 Å². The van der Waals surface area contributed by atoms with Crippen LogP contribution in [0.15, 0.2) is 42.7 Å². The molecule has 0 aliphatic rings. The zero-order chi connectivity index (χ0) is 13.7. The summed E-state index contributed by atoms with van der Waals surface area (Å²) < 4.78 is 5.37. The van der Waals surface area contributed by atoms with E-state index in [-0.39, 0.29) is 5.91 Å². The number of carbonyl (C=O) groups is 1. The zero-order valence-electron chi connectivity index (χ0n) is 10.4. The number of ether oxygens (including phenoxy) is 1. The summed E-state index contributed by atoms with van der Waals surface area (Å²) >= 11 is 5.94. The average Bonchev–Trinajstić information content (AvgIpc) is 2.40. The van der Waals surface area contributed by atoms with Crippen LogP contribution in [0, 0.1) is 0 Å². The number of anilines is 1. The van der Waals surface area contributed by atoms with Gasteiger partial charge < -0.3 is 10.1 Å². The van der Waals surface area contributed by atoms with Crippen LogP contribution in [0.25, 0.3) is 0 Å². The van der Waals surface area contributed by atoms with Crippen LogP contribution in [0.4, 0.5) is 5.69 Å². The first kappa shape index (κ1) is 13.4. The summed E-state index contributed by atoms with van der Waals surface area (Å²) in [6.07, 6.45) is 2.97. The third-order valence-corrected chi connectivity index (χ3v) is 2.74. The number of aromatic nitrogens is 1. The molecule has 0 aliphatic carbocycles. The van der Waals surface area contributed by atoms with Crippen LogP contribution >= 0.6 is 11.6 Å². The fourth-order valence-electron chi connectivity index (χ4n) is 1.57. The summed E-state index contributed by atoms with van der Waals surface area (Å²) in [6, 6.07) is 8.76. The standard InChI is InChI=1S/C14H13ClN2O2/c1-2-19-11-5-3-4-10(8-11)17-14(18)12-9-16-7-6-13(12)15/h3-9H,2H2,1H3,(H,17,18). The second-order valence-electron chi connectivity index (χ2n) is 3.77. The van der Waals surface area contributed by atoms with Gasteiger partial charge in [-0.15, -0.1) is 0 Å². The molecule has 1 aromatic carbocycles. The molecule has 1 aromatic heterocycles. The minimum Gasteiger partial charge on any atom is -0.494 e. The summed E-state index contributed by atoms with van der Waals surface area (Å²) in [6.45, 7) is 2.48. The maximum atomic E-state index is 12.0. The van der Waals surface area contributed by atoms with Crippen LogP contribution in [0.5, 0.6) is 5.75 Å². The first-order valence-electron chi connectivity index (χ1n) is 5.84. The molecular formula is C14H13ClN2O2. The van der Waals surface area contributed by atoms with E-state index in [0.29, 0.717) is 28.6 Å². The number of nitrogens with one attached hydrogen (secondary N) is 1. The van der Waals surface area contributed by atoms with Crippen LogP contribution in [0.2, 0.25) is 5.02 Å². The SMILES string of the molecule is CCOc1cccc(NC(=O)c2cnccc2Cl)c1. The first-order valence-corrected chi connectivity index (χ1v) is 6.22. The van der Waals surface area contributed by atoms with E-state index >= 15 is 0 Å². The lowest BCUT2D eigenvalue weighted by molar-refractivity contribution is 0.102. The number of hydrogen-bond acceptors (Lipinski definition) is 3. The van der Waals surface area contributed by atoms with Gasteiger partial charge in [-0.25, -0.2) is 0 Å². The Morgan fingerprint density at radius 2 is 2.26 bits per heavy atom. The van der Waals surface area contributed by atoms with Gasteiger partial charge in [0, 0.05) is 24.1 Å². The lowest BCUT2D eigenvalue weighted by Crippen LogP contribution is -2.12. The molecule has 1 heterocycles. The van der Waals surface area contributed by atoms with Gasteiger partial charge in [0.15, 0.2) is 0 Å². The van der Waals surface area contributed by atoms with E-state index in [0.717, 1.165) is 0 Å². The summed E-state index contributed by atoms with van der Waals surface area (Å²) in [4.78, 5) is 15.9. The van der Waals surface area contributed by atoms with E-state index in [9.17, 15) is 4.79 Å². The summed E-state index contributed by atoms with van der Waals surface area (Å²) in [5.41, 5.74) is 0.988. The second kappa shape index (κ2) is 6.20. The van der Waals surface area contributed by atoms with Crippen molar-refractivity contribution in [1.82, 2.24) is 4.98 Å².